The number of carboxylic acid groups (broad SMARTS) is 3. The molecule has 290 valence electrons. The lowest BCUT2D eigenvalue weighted by atomic mass is 10.1. The van der Waals surface area contributed by atoms with Gasteiger partial charge in [-0.2, -0.15) is 0 Å². The Kier molecular flexibility index (Phi) is 17.4. The van der Waals surface area contributed by atoms with E-state index in [1.807, 2.05) is 10.6 Å². The van der Waals surface area contributed by atoms with Gasteiger partial charge in [0.15, 0.2) is 18.1 Å². The number of nitrogens with zero attached hydrogens (tertiary/aromatic N) is 3. The topological polar surface area (TPSA) is 363 Å². The molecule has 0 aliphatic rings. The first-order valence-electron chi connectivity index (χ1n) is 15.8. The van der Waals surface area contributed by atoms with Gasteiger partial charge in [0, 0.05) is 31.3 Å². The highest BCUT2D eigenvalue weighted by atomic mass is 16.4. The molecule has 23 nitrogen and oxygen atoms in total. The number of carbonyl (C=O) groups is 9. The summed E-state index contributed by atoms with van der Waals surface area (Å²) in [5.74, 6) is -8.60. The van der Waals surface area contributed by atoms with Crippen LogP contribution in [0.25, 0.3) is 0 Å². The minimum Gasteiger partial charge on any atom is -0.481 e. The van der Waals surface area contributed by atoms with E-state index >= 15 is 0 Å². The molecular formula is C31H39N11O12. The van der Waals surface area contributed by atoms with E-state index in [0.717, 1.165) is 0 Å². The smallest absolute Gasteiger partial charge is 0.322 e. The van der Waals surface area contributed by atoms with Gasteiger partial charge in [-0.25, -0.2) is 9.97 Å². The van der Waals surface area contributed by atoms with Crippen LogP contribution in [-0.2, 0) is 40.1 Å². The number of guanidine groups is 1. The fourth-order valence-electron chi connectivity index (χ4n) is 4.22. The van der Waals surface area contributed by atoms with Gasteiger partial charge in [0.25, 0.3) is 5.91 Å². The molecule has 54 heavy (non-hydrogen) atoms. The molecular weight excluding hydrogens is 718 g/mol. The van der Waals surface area contributed by atoms with Crippen LogP contribution in [0.4, 0.5) is 11.5 Å². The molecule has 23 heteroatoms. The van der Waals surface area contributed by atoms with Gasteiger partial charge in [-0.3, -0.25) is 48.1 Å². The molecule has 5 amide bonds. The van der Waals surface area contributed by atoms with Crippen molar-refractivity contribution in [3.8, 4) is 0 Å². The molecule has 1 aromatic heterocycles. The predicted molar refractivity (Wildman–Crippen MR) is 186 cm³/mol. The van der Waals surface area contributed by atoms with Crippen molar-refractivity contribution in [2.75, 3.05) is 37.3 Å². The van der Waals surface area contributed by atoms with E-state index in [9.17, 15) is 48.3 Å². The Morgan fingerprint density at radius 2 is 1.43 bits per heavy atom. The number of nitrogens with one attached hydrogen (secondary N) is 7. The highest BCUT2D eigenvalue weighted by molar-refractivity contribution is 5.97. The maximum atomic E-state index is 12.6. The first-order chi connectivity index (χ1) is 25.6. The van der Waals surface area contributed by atoms with Crippen LogP contribution in [0.3, 0.4) is 0 Å². The van der Waals surface area contributed by atoms with Gasteiger partial charge in [0.1, 0.15) is 24.3 Å². The van der Waals surface area contributed by atoms with E-state index in [-0.39, 0.29) is 43.4 Å². The first kappa shape index (κ1) is 43.0. The molecule has 2 rings (SSSR count). The average molecular weight is 758 g/mol. The van der Waals surface area contributed by atoms with Crippen LogP contribution in [0.2, 0.25) is 0 Å². The third-order valence-corrected chi connectivity index (χ3v) is 6.83. The molecule has 0 saturated heterocycles. The quantitative estimate of drug-likeness (QED) is 0.0247. The van der Waals surface area contributed by atoms with Crippen molar-refractivity contribution in [2.24, 2.45) is 10.7 Å². The Bertz CT molecular complexity index is 1750. The summed E-state index contributed by atoms with van der Waals surface area (Å²) < 4.78 is 0. The van der Waals surface area contributed by atoms with Crippen LogP contribution in [0.5, 0.6) is 0 Å². The number of aromatic nitrogens is 2. The number of aliphatic carboxylic acids is 3. The van der Waals surface area contributed by atoms with Crippen LogP contribution in [0, 0.1) is 0 Å². The number of benzene rings is 1. The largest absolute Gasteiger partial charge is 0.481 e. The minimum absolute atomic E-state index is 0.0337. The summed E-state index contributed by atoms with van der Waals surface area (Å²) in [6.07, 6.45) is 0.0813. The Hall–Kier alpha value is -7.20. The van der Waals surface area contributed by atoms with Gasteiger partial charge in [0.05, 0.1) is 37.8 Å². The van der Waals surface area contributed by atoms with E-state index in [1.54, 1.807) is 24.3 Å². The molecule has 0 aliphatic carbocycles. The zero-order valence-corrected chi connectivity index (χ0v) is 28.7. The molecule has 0 aliphatic heterocycles. The molecule has 12 N–H and O–H groups in total. The summed E-state index contributed by atoms with van der Waals surface area (Å²) in [5, 5.41) is 43.5. The fraction of sp³-hybridized carbons (Fsp3) is 0.355. The van der Waals surface area contributed by atoms with Gasteiger partial charge >= 0.3 is 17.9 Å². The molecule has 0 spiro atoms. The van der Waals surface area contributed by atoms with Crippen molar-refractivity contribution in [1.29, 1.82) is 0 Å². The number of aliphatic imine (C=N–C) groups is 1. The van der Waals surface area contributed by atoms with E-state index in [0.29, 0.717) is 23.2 Å². The van der Waals surface area contributed by atoms with E-state index in [1.165, 1.54) is 13.2 Å². The van der Waals surface area contributed by atoms with Gasteiger partial charge in [-0.05, 0) is 30.7 Å². The van der Waals surface area contributed by atoms with Gasteiger partial charge < -0.3 is 58.3 Å². The second kappa shape index (κ2) is 21.9. The number of anilines is 2. The fourth-order valence-corrected chi connectivity index (χ4v) is 4.22. The monoisotopic (exact) mass is 757 g/mol. The lowest BCUT2D eigenvalue weighted by molar-refractivity contribution is -0.141. The highest BCUT2D eigenvalue weighted by Gasteiger charge is 2.27. The molecule has 0 radical (unpaired) electrons. The number of carbonyl (C=O) groups excluding carboxylic acids is 6. The lowest BCUT2D eigenvalue weighted by Gasteiger charge is -2.19. The molecule has 0 saturated carbocycles. The first-order valence-corrected chi connectivity index (χ1v) is 15.8. The summed E-state index contributed by atoms with van der Waals surface area (Å²) >= 11 is 0. The van der Waals surface area contributed by atoms with Crippen molar-refractivity contribution < 1.29 is 58.5 Å². The second-order valence-electron chi connectivity index (χ2n) is 11.0. The standard InChI is InChI=1S/C31H39N11O12/c1-33-31(32)42-27-21(15-43)39-18(12-36-27)11-35-17-6-4-16(5-7-17)28(52)34-8-2-3-22(44)40-19(9-24(46)47)29(53)37-13-23(45)41-20(10-25(48)49)30(54)38-14-26(50)51/h4-7,12,15,19-20,35H,2-3,8-11,13-14H2,1H3,(H,34,52)(H,37,53)(H,38,54)(H,40,44)(H,41,45)(H,46,47)(H,48,49)(H,50,51)(H3,32,33,36,42)/t19-,20-/m0/s1. The van der Waals surface area contributed by atoms with Crippen LogP contribution >= 0.6 is 0 Å². The SMILES string of the molecule is CN=C(N)Nc1ncc(CNc2ccc(C(=O)NCCCC(=O)N[C@@H](CC(=O)O)C(=O)NCC(=O)N[C@@H](CC(=O)O)C(=O)NCC(=O)O)cc2)nc1C=O. The Labute approximate surface area is 306 Å². The predicted octanol–water partition coefficient (Wildman–Crippen LogP) is -3.00. The number of hydrogen-bond donors (Lipinski definition) is 11. The van der Waals surface area contributed by atoms with Crippen LogP contribution in [0.15, 0.2) is 35.5 Å². The Balaban J connectivity index is 1.81. The van der Waals surface area contributed by atoms with Gasteiger partial charge in [-0.15, -0.1) is 0 Å². The number of rotatable bonds is 22. The van der Waals surface area contributed by atoms with Gasteiger partial charge in [-0.1, -0.05) is 0 Å². The zero-order chi connectivity index (χ0) is 40.2. The molecule has 2 aromatic rings. The summed E-state index contributed by atoms with van der Waals surface area (Å²) in [6, 6.07) is 3.06. The maximum Gasteiger partial charge on any atom is 0.322 e. The third-order valence-electron chi connectivity index (χ3n) is 6.83. The van der Waals surface area contributed by atoms with Gasteiger partial charge in [0.2, 0.25) is 23.6 Å². The second-order valence-corrected chi connectivity index (χ2v) is 11.0. The summed E-state index contributed by atoms with van der Waals surface area (Å²) in [4.78, 5) is 118. The van der Waals surface area contributed by atoms with E-state index < -0.39 is 85.5 Å². The number of carboxylic acids is 3. The normalized spacial score (nSPS) is 11.8. The van der Waals surface area contributed by atoms with E-state index in [2.05, 4.69) is 41.5 Å². The van der Waals surface area contributed by atoms with E-state index in [4.69, 9.17) is 15.9 Å². The average Bonchev–Trinajstić information content (AvgIpc) is 3.13. The molecule has 0 bridgehead atoms. The Morgan fingerprint density at radius 3 is 1.98 bits per heavy atom. The number of amides is 5. The zero-order valence-electron chi connectivity index (χ0n) is 28.7. The van der Waals surface area contributed by atoms with Crippen LogP contribution in [0.1, 0.15) is 52.2 Å². The van der Waals surface area contributed by atoms with Crippen molar-refractivity contribution in [2.45, 2.75) is 44.3 Å². The third kappa shape index (κ3) is 15.8. The molecule has 0 unspecified atom stereocenters. The maximum absolute atomic E-state index is 12.6. The van der Waals surface area contributed by atoms with Crippen LogP contribution < -0.4 is 43.0 Å². The van der Waals surface area contributed by atoms with Crippen molar-refractivity contribution in [3.05, 3.63) is 47.4 Å². The minimum atomic E-state index is -1.68. The Morgan fingerprint density at radius 1 is 0.833 bits per heavy atom. The number of aldehydes is 1. The summed E-state index contributed by atoms with van der Waals surface area (Å²) in [6.45, 7) is -1.44. The molecule has 1 aromatic carbocycles. The molecule has 2 atom stereocenters. The summed E-state index contributed by atoms with van der Waals surface area (Å²) in [7, 11) is 1.46. The summed E-state index contributed by atoms with van der Waals surface area (Å²) in [5.41, 5.74) is 7.02. The van der Waals surface area contributed by atoms with Crippen LogP contribution in [-0.4, -0.2) is 124 Å². The number of nitrogens with two attached hydrogens (primary N) is 1. The van der Waals surface area contributed by atoms with Crippen molar-refractivity contribution >= 4 is 71.2 Å². The lowest BCUT2D eigenvalue weighted by Crippen LogP contribution is -2.53. The number of hydrogen-bond acceptors (Lipinski definition) is 13. The van der Waals surface area contributed by atoms with Crippen molar-refractivity contribution in [1.82, 2.24) is 36.6 Å². The molecule has 0 fully saturated rings. The highest BCUT2D eigenvalue weighted by Crippen LogP contribution is 2.13. The van der Waals surface area contributed by atoms with Crippen molar-refractivity contribution in [3.63, 3.8) is 0 Å². The molecule has 1 heterocycles.